The minimum Gasteiger partial charge on any atom is -0.497 e. The van der Waals surface area contributed by atoms with Crippen LogP contribution >= 0.6 is 0 Å². The van der Waals surface area contributed by atoms with Gasteiger partial charge in [-0.2, -0.15) is 0 Å². The van der Waals surface area contributed by atoms with Gasteiger partial charge >= 0.3 is 0 Å². The number of rotatable bonds is 10. The van der Waals surface area contributed by atoms with E-state index in [2.05, 4.69) is 5.32 Å². The standard InChI is InChI=1S/C24H32N2O4/c1-6-12-25-24(28)19(4)26(15-20-8-7-9-21(14-20)29-5)23(27)16-30-22-13-17(2)10-11-18(22)3/h7-11,13-14,19H,6,12,15-16H2,1-5H3,(H,25,28)/t19-/m1/s1. The number of carbonyl (C=O) groups is 2. The Hall–Kier alpha value is -3.02. The molecule has 2 amide bonds. The van der Waals surface area contributed by atoms with E-state index in [4.69, 9.17) is 9.47 Å². The van der Waals surface area contributed by atoms with Gasteiger partial charge in [0.05, 0.1) is 7.11 Å². The Morgan fingerprint density at radius 3 is 2.60 bits per heavy atom. The van der Waals surface area contributed by atoms with Gasteiger partial charge in [0.2, 0.25) is 5.91 Å². The summed E-state index contributed by atoms with van der Waals surface area (Å²) in [6.45, 7) is 8.36. The molecule has 0 unspecified atom stereocenters. The summed E-state index contributed by atoms with van der Waals surface area (Å²) in [5.74, 6) is 0.945. The summed E-state index contributed by atoms with van der Waals surface area (Å²) in [5.41, 5.74) is 2.90. The molecule has 6 heteroatoms. The maximum Gasteiger partial charge on any atom is 0.261 e. The number of nitrogens with one attached hydrogen (secondary N) is 1. The molecule has 2 rings (SSSR count). The highest BCUT2D eigenvalue weighted by Gasteiger charge is 2.26. The third-order valence-electron chi connectivity index (χ3n) is 4.90. The lowest BCUT2D eigenvalue weighted by Gasteiger charge is -2.29. The van der Waals surface area contributed by atoms with Gasteiger partial charge in [-0.1, -0.05) is 31.2 Å². The Morgan fingerprint density at radius 1 is 1.13 bits per heavy atom. The molecule has 0 heterocycles. The maximum atomic E-state index is 13.1. The van der Waals surface area contributed by atoms with Crippen LogP contribution in [0.3, 0.4) is 0 Å². The summed E-state index contributed by atoms with van der Waals surface area (Å²) < 4.78 is 11.1. The minimum absolute atomic E-state index is 0.139. The van der Waals surface area contributed by atoms with Crippen molar-refractivity contribution in [1.29, 1.82) is 0 Å². The topological polar surface area (TPSA) is 67.9 Å². The third kappa shape index (κ3) is 6.51. The summed E-state index contributed by atoms with van der Waals surface area (Å²) in [4.78, 5) is 27.2. The summed E-state index contributed by atoms with van der Waals surface area (Å²) in [6, 6.07) is 12.7. The summed E-state index contributed by atoms with van der Waals surface area (Å²) in [5, 5.41) is 2.87. The van der Waals surface area contributed by atoms with E-state index in [0.29, 0.717) is 18.0 Å². The van der Waals surface area contributed by atoms with Gasteiger partial charge in [0.25, 0.3) is 5.91 Å². The highest BCUT2D eigenvalue weighted by atomic mass is 16.5. The van der Waals surface area contributed by atoms with Gasteiger partial charge in [-0.05, 0) is 62.1 Å². The smallest absolute Gasteiger partial charge is 0.261 e. The van der Waals surface area contributed by atoms with Crippen molar-refractivity contribution in [2.45, 2.75) is 46.7 Å². The fraction of sp³-hybridized carbons (Fsp3) is 0.417. The number of hydrogen-bond donors (Lipinski definition) is 1. The second-order valence-electron chi connectivity index (χ2n) is 7.40. The van der Waals surface area contributed by atoms with E-state index in [0.717, 1.165) is 23.1 Å². The van der Waals surface area contributed by atoms with Crippen molar-refractivity contribution >= 4 is 11.8 Å². The van der Waals surface area contributed by atoms with Crippen LogP contribution in [0.2, 0.25) is 0 Å². The zero-order valence-corrected chi connectivity index (χ0v) is 18.5. The van der Waals surface area contributed by atoms with E-state index in [1.807, 2.05) is 63.2 Å². The maximum absolute atomic E-state index is 13.1. The van der Waals surface area contributed by atoms with Crippen LogP contribution in [0, 0.1) is 13.8 Å². The minimum atomic E-state index is -0.627. The summed E-state index contributed by atoms with van der Waals surface area (Å²) in [6.07, 6.45) is 0.831. The van der Waals surface area contributed by atoms with Gasteiger partial charge < -0.3 is 19.7 Å². The molecule has 162 valence electrons. The van der Waals surface area contributed by atoms with Crippen LogP contribution < -0.4 is 14.8 Å². The second-order valence-corrected chi connectivity index (χ2v) is 7.40. The lowest BCUT2D eigenvalue weighted by Crippen LogP contribution is -2.49. The first-order valence-electron chi connectivity index (χ1n) is 10.3. The molecule has 0 fully saturated rings. The highest BCUT2D eigenvalue weighted by molar-refractivity contribution is 5.88. The van der Waals surface area contributed by atoms with E-state index in [-0.39, 0.29) is 25.0 Å². The normalized spacial score (nSPS) is 11.5. The second kappa shape index (κ2) is 11.2. The van der Waals surface area contributed by atoms with E-state index >= 15 is 0 Å². The van der Waals surface area contributed by atoms with Crippen LogP contribution in [0.15, 0.2) is 42.5 Å². The molecule has 0 aliphatic rings. The molecule has 0 bridgehead atoms. The molecule has 2 aromatic carbocycles. The predicted octanol–water partition coefficient (Wildman–Crippen LogP) is 3.63. The highest BCUT2D eigenvalue weighted by Crippen LogP contribution is 2.20. The van der Waals surface area contributed by atoms with Crippen LogP contribution in [0.1, 0.15) is 37.0 Å². The lowest BCUT2D eigenvalue weighted by molar-refractivity contribution is -0.142. The fourth-order valence-corrected chi connectivity index (χ4v) is 3.03. The molecule has 0 spiro atoms. The first-order valence-corrected chi connectivity index (χ1v) is 10.3. The molecule has 6 nitrogen and oxygen atoms in total. The Bertz CT molecular complexity index is 866. The molecular formula is C24H32N2O4. The lowest BCUT2D eigenvalue weighted by atomic mass is 10.1. The number of benzene rings is 2. The molecule has 2 aromatic rings. The molecule has 0 aliphatic carbocycles. The SMILES string of the molecule is CCCNC(=O)[C@@H](C)N(Cc1cccc(OC)c1)C(=O)COc1cc(C)ccc1C. The number of ether oxygens (including phenoxy) is 2. The van der Waals surface area contributed by atoms with Gasteiger partial charge in [0.1, 0.15) is 17.5 Å². The molecule has 1 N–H and O–H groups in total. The quantitative estimate of drug-likeness (QED) is 0.647. The van der Waals surface area contributed by atoms with Gasteiger partial charge in [-0.15, -0.1) is 0 Å². The van der Waals surface area contributed by atoms with Gasteiger partial charge in [-0.3, -0.25) is 9.59 Å². The van der Waals surface area contributed by atoms with Crippen molar-refractivity contribution in [3.8, 4) is 11.5 Å². The summed E-state index contributed by atoms with van der Waals surface area (Å²) in [7, 11) is 1.60. The zero-order chi connectivity index (χ0) is 22.1. The van der Waals surface area contributed by atoms with Gasteiger partial charge in [0, 0.05) is 13.1 Å². The first-order chi connectivity index (χ1) is 14.3. The monoisotopic (exact) mass is 412 g/mol. The van der Waals surface area contributed by atoms with Crippen LogP contribution in [0.25, 0.3) is 0 Å². The van der Waals surface area contributed by atoms with Crippen LogP contribution in [-0.4, -0.2) is 43.0 Å². The average Bonchev–Trinajstić information content (AvgIpc) is 2.75. The molecule has 0 saturated carbocycles. The first kappa shape index (κ1) is 23.3. The zero-order valence-electron chi connectivity index (χ0n) is 18.5. The number of nitrogens with zero attached hydrogens (tertiary/aromatic N) is 1. The Balaban J connectivity index is 2.18. The van der Waals surface area contributed by atoms with Crippen LogP contribution in [0.5, 0.6) is 11.5 Å². The van der Waals surface area contributed by atoms with Crippen molar-refractivity contribution in [1.82, 2.24) is 10.2 Å². The van der Waals surface area contributed by atoms with Crippen molar-refractivity contribution in [3.05, 3.63) is 59.2 Å². The molecular weight excluding hydrogens is 380 g/mol. The van der Waals surface area contributed by atoms with Gasteiger partial charge in [-0.25, -0.2) is 0 Å². The molecule has 0 radical (unpaired) electrons. The molecule has 0 saturated heterocycles. The Morgan fingerprint density at radius 2 is 1.90 bits per heavy atom. The van der Waals surface area contributed by atoms with Crippen molar-refractivity contribution in [2.24, 2.45) is 0 Å². The number of methoxy groups -OCH3 is 1. The number of amides is 2. The van der Waals surface area contributed by atoms with Crippen LogP contribution in [-0.2, 0) is 16.1 Å². The molecule has 1 atom stereocenters. The van der Waals surface area contributed by atoms with Crippen LogP contribution in [0.4, 0.5) is 0 Å². The van der Waals surface area contributed by atoms with E-state index in [9.17, 15) is 9.59 Å². The molecule has 30 heavy (non-hydrogen) atoms. The van der Waals surface area contributed by atoms with Crippen molar-refractivity contribution < 1.29 is 19.1 Å². The molecule has 0 aliphatic heterocycles. The van der Waals surface area contributed by atoms with E-state index < -0.39 is 6.04 Å². The fourth-order valence-electron chi connectivity index (χ4n) is 3.03. The average molecular weight is 413 g/mol. The van der Waals surface area contributed by atoms with Crippen molar-refractivity contribution in [3.63, 3.8) is 0 Å². The number of hydrogen-bond acceptors (Lipinski definition) is 4. The third-order valence-corrected chi connectivity index (χ3v) is 4.90. The Labute approximate surface area is 179 Å². The Kier molecular flexibility index (Phi) is 8.71. The van der Waals surface area contributed by atoms with E-state index in [1.54, 1.807) is 18.9 Å². The number of carbonyl (C=O) groups excluding carboxylic acids is 2. The predicted molar refractivity (Wildman–Crippen MR) is 118 cm³/mol. The number of aryl methyl sites for hydroxylation is 2. The summed E-state index contributed by atoms with van der Waals surface area (Å²) >= 11 is 0. The van der Waals surface area contributed by atoms with E-state index in [1.165, 1.54) is 0 Å². The van der Waals surface area contributed by atoms with Gasteiger partial charge in [0.15, 0.2) is 6.61 Å². The van der Waals surface area contributed by atoms with Crippen molar-refractivity contribution in [2.75, 3.05) is 20.3 Å². The largest absolute Gasteiger partial charge is 0.497 e. The molecule has 0 aromatic heterocycles.